The maximum Gasteiger partial charge on any atom is 0.324 e. The van der Waals surface area contributed by atoms with E-state index >= 15 is 0 Å². The topological polar surface area (TPSA) is 69.6 Å². The molecule has 0 bridgehead atoms. The second-order valence-corrected chi connectivity index (χ2v) is 6.71. The molecule has 0 amide bonds. The molecule has 106 valence electrons. The number of carboxylic acids is 1. The van der Waals surface area contributed by atoms with Crippen molar-refractivity contribution < 1.29 is 15.0 Å². The van der Waals surface area contributed by atoms with Crippen molar-refractivity contribution in [2.45, 2.75) is 56.4 Å². The molecule has 18 heavy (non-hydrogen) atoms. The summed E-state index contributed by atoms with van der Waals surface area (Å²) >= 11 is 1.72. The number of nitrogens with one attached hydrogen (secondary N) is 1. The lowest BCUT2D eigenvalue weighted by Gasteiger charge is -2.31. The first-order valence-electron chi connectivity index (χ1n) is 6.66. The van der Waals surface area contributed by atoms with Gasteiger partial charge in [-0.05, 0) is 44.9 Å². The normalized spacial score (nSPS) is 31.2. The molecular weight excluding hydrogens is 250 g/mol. The van der Waals surface area contributed by atoms with Gasteiger partial charge in [-0.3, -0.25) is 4.79 Å². The van der Waals surface area contributed by atoms with Crippen LogP contribution in [0.5, 0.6) is 0 Å². The van der Waals surface area contributed by atoms with Gasteiger partial charge in [-0.25, -0.2) is 0 Å². The van der Waals surface area contributed by atoms with Gasteiger partial charge in [0.15, 0.2) is 0 Å². The molecule has 1 rings (SSSR count). The molecule has 0 aromatic heterocycles. The van der Waals surface area contributed by atoms with Gasteiger partial charge >= 0.3 is 5.97 Å². The molecule has 5 heteroatoms. The summed E-state index contributed by atoms with van der Waals surface area (Å²) < 4.78 is 0. The summed E-state index contributed by atoms with van der Waals surface area (Å²) in [6.07, 6.45) is 3.27. The van der Waals surface area contributed by atoms with Crippen molar-refractivity contribution in [2.24, 2.45) is 5.92 Å². The Morgan fingerprint density at radius 2 is 2.22 bits per heavy atom. The van der Waals surface area contributed by atoms with Crippen molar-refractivity contribution in [1.82, 2.24) is 5.32 Å². The third-order valence-electron chi connectivity index (χ3n) is 4.17. The Hall–Kier alpha value is -0.260. The standard InChI is InChI=1S/C13H25NO3S/c1-9(15)10(2)18-8-6-11-5-4-7-13(11,14-3)12(16)17/h9-11,14-15H,4-8H2,1-3H3,(H,16,17). The molecule has 0 aromatic carbocycles. The first kappa shape index (κ1) is 15.8. The summed E-state index contributed by atoms with van der Waals surface area (Å²) in [6.45, 7) is 3.80. The number of carbonyl (C=O) groups is 1. The third-order valence-corrected chi connectivity index (χ3v) is 5.57. The van der Waals surface area contributed by atoms with Crippen LogP contribution in [-0.4, -0.2) is 45.9 Å². The van der Waals surface area contributed by atoms with E-state index in [0.717, 1.165) is 31.4 Å². The molecule has 0 radical (unpaired) electrons. The van der Waals surface area contributed by atoms with E-state index in [-0.39, 0.29) is 17.3 Å². The Morgan fingerprint density at radius 1 is 1.56 bits per heavy atom. The fraction of sp³-hybridized carbons (Fsp3) is 0.923. The quantitative estimate of drug-likeness (QED) is 0.660. The molecule has 0 aromatic rings. The van der Waals surface area contributed by atoms with Crippen LogP contribution in [0.4, 0.5) is 0 Å². The predicted octanol–water partition coefficient (Wildman–Crippen LogP) is 1.72. The summed E-state index contributed by atoms with van der Waals surface area (Å²) in [5.74, 6) is 0.391. The summed E-state index contributed by atoms with van der Waals surface area (Å²) in [7, 11) is 1.75. The minimum atomic E-state index is -0.728. The third kappa shape index (κ3) is 3.39. The second-order valence-electron chi connectivity index (χ2n) is 5.22. The number of likely N-dealkylation sites (N-methyl/N-ethyl adjacent to an activating group) is 1. The lowest BCUT2D eigenvalue weighted by atomic mass is 9.85. The lowest BCUT2D eigenvalue weighted by molar-refractivity contribution is -0.146. The first-order chi connectivity index (χ1) is 8.44. The Kier molecular flexibility index (Phi) is 5.95. The molecule has 1 saturated carbocycles. The van der Waals surface area contributed by atoms with Crippen molar-refractivity contribution in [3.8, 4) is 0 Å². The van der Waals surface area contributed by atoms with Gasteiger partial charge in [0, 0.05) is 5.25 Å². The fourth-order valence-electron chi connectivity index (χ4n) is 2.72. The number of hydrogen-bond acceptors (Lipinski definition) is 4. The van der Waals surface area contributed by atoms with E-state index in [0.29, 0.717) is 0 Å². The molecular formula is C13H25NO3S. The van der Waals surface area contributed by atoms with Crippen LogP contribution < -0.4 is 5.32 Å². The van der Waals surface area contributed by atoms with E-state index in [4.69, 9.17) is 0 Å². The van der Waals surface area contributed by atoms with Crippen LogP contribution in [0.1, 0.15) is 39.5 Å². The Labute approximate surface area is 114 Å². The number of carboxylic acid groups (broad SMARTS) is 1. The summed E-state index contributed by atoms with van der Waals surface area (Å²) in [5, 5.41) is 22.1. The zero-order chi connectivity index (χ0) is 13.8. The van der Waals surface area contributed by atoms with E-state index in [9.17, 15) is 15.0 Å². The Balaban J connectivity index is 2.48. The van der Waals surface area contributed by atoms with Gasteiger partial charge in [0.2, 0.25) is 0 Å². The van der Waals surface area contributed by atoms with Crippen LogP contribution in [-0.2, 0) is 4.79 Å². The van der Waals surface area contributed by atoms with Gasteiger partial charge in [0.1, 0.15) is 5.54 Å². The van der Waals surface area contributed by atoms with E-state index < -0.39 is 11.5 Å². The molecule has 0 saturated heterocycles. The van der Waals surface area contributed by atoms with Crippen LogP contribution in [0.25, 0.3) is 0 Å². The molecule has 4 atom stereocenters. The fourth-order valence-corrected chi connectivity index (χ4v) is 3.79. The van der Waals surface area contributed by atoms with Gasteiger partial charge < -0.3 is 15.5 Å². The minimum Gasteiger partial charge on any atom is -0.480 e. The highest BCUT2D eigenvalue weighted by molar-refractivity contribution is 7.99. The van der Waals surface area contributed by atoms with Crippen molar-refractivity contribution in [1.29, 1.82) is 0 Å². The SMILES string of the molecule is CNC1(C(=O)O)CCCC1CCSC(C)C(C)O. The number of thioether (sulfide) groups is 1. The lowest BCUT2D eigenvalue weighted by Crippen LogP contribution is -2.53. The van der Waals surface area contributed by atoms with Crippen molar-refractivity contribution in [3.63, 3.8) is 0 Å². The van der Waals surface area contributed by atoms with Gasteiger partial charge in [0.05, 0.1) is 6.10 Å². The van der Waals surface area contributed by atoms with Gasteiger partial charge in [-0.1, -0.05) is 13.3 Å². The molecule has 0 spiro atoms. The Bertz CT molecular complexity index is 285. The van der Waals surface area contributed by atoms with E-state index in [1.165, 1.54) is 0 Å². The van der Waals surface area contributed by atoms with Crippen LogP contribution in [0.2, 0.25) is 0 Å². The van der Waals surface area contributed by atoms with E-state index in [1.54, 1.807) is 25.7 Å². The molecule has 1 aliphatic carbocycles. The average Bonchev–Trinajstić information content (AvgIpc) is 2.73. The van der Waals surface area contributed by atoms with Gasteiger partial charge in [0.25, 0.3) is 0 Å². The molecule has 0 heterocycles. The van der Waals surface area contributed by atoms with Crippen LogP contribution in [0.3, 0.4) is 0 Å². The molecule has 4 unspecified atom stereocenters. The second kappa shape index (κ2) is 6.78. The number of aliphatic carboxylic acids is 1. The van der Waals surface area contributed by atoms with Crippen molar-refractivity contribution >= 4 is 17.7 Å². The zero-order valence-corrected chi connectivity index (χ0v) is 12.3. The summed E-state index contributed by atoms with van der Waals surface area (Å²) in [4.78, 5) is 11.5. The largest absolute Gasteiger partial charge is 0.480 e. The van der Waals surface area contributed by atoms with Crippen molar-refractivity contribution in [3.05, 3.63) is 0 Å². The number of aliphatic hydroxyl groups is 1. The van der Waals surface area contributed by atoms with Crippen LogP contribution in [0.15, 0.2) is 0 Å². The van der Waals surface area contributed by atoms with Gasteiger partial charge in [-0.15, -0.1) is 0 Å². The highest BCUT2D eigenvalue weighted by atomic mass is 32.2. The van der Waals surface area contributed by atoms with Crippen molar-refractivity contribution in [2.75, 3.05) is 12.8 Å². The molecule has 1 aliphatic rings. The smallest absolute Gasteiger partial charge is 0.324 e. The minimum absolute atomic E-state index is 0.202. The molecule has 4 nitrogen and oxygen atoms in total. The Morgan fingerprint density at radius 3 is 2.72 bits per heavy atom. The number of rotatable bonds is 7. The van der Waals surface area contributed by atoms with E-state index in [2.05, 4.69) is 5.32 Å². The highest BCUT2D eigenvalue weighted by Gasteiger charge is 2.47. The predicted molar refractivity (Wildman–Crippen MR) is 75.0 cm³/mol. The first-order valence-corrected chi connectivity index (χ1v) is 7.71. The van der Waals surface area contributed by atoms with E-state index in [1.807, 2.05) is 6.92 Å². The highest BCUT2D eigenvalue weighted by Crippen LogP contribution is 2.39. The zero-order valence-electron chi connectivity index (χ0n) is 11.5. The maximum atomic E-state index is 11.5. The number of aliphatic hydroxyl groups excluding tert-OH is 1. The maximum absolute atomic E-state index is 11.5. The summed E-state index contributed by atoms with van der Waals surface area (Å²) in [6, 6.07) is 0. The molecule has 3 N–H and O–H groups in total. The molecule has 0 aliphatic heterocycles. The average molecular weight is 275 g/mol. The summed E-state index contributed by atoms with van der Waals surface area (Å²) in [5.41, 5.74) is -0.728. The number of hydrogen-bond donors (Lipinski definition) is 3. The van der Waals surface area contributed by atoms with Crippen LogP contribution >= 0.6 is 11.8 Å². The monoisotopic (exact) mass is 275 g/mol. The van der Waals surface area contributed by atoms with Crippen LogP contribution in [0, 0.1) is 5.92 Å². The van der Waals surface area contributed by atoms with Gasteiger partial charge in [-0.2, -0.15) is 11.8 Å². The molecule has 1 fully saturated rings.